The number of nitrogens with one attached hydrogen (secondary N) is 1. The van der Waals surface area contributed by atoms with E-state index in [4.69, 9.17) is 5.73 Å². The summed E-state index contributed by atoms with van der Waals surface area (Å²) >= 11 is 0. The van der Waals surface area contributed by atoms with Crippen molar-refractivity contribution < 1.29 is 4.79 Å². The fraction of sp³-hybridized carbons (Fsp3) is 0.467. The van der Waals surface area contributed by atoms with Gasteiger partial charge >= 0.3 is 0 Å². The van der Waals surface area contributed by atoms with Crippen molar-refractivity contribution in [1.82, 2.24) is 15.1 Å². The number of aromatic amines is 1. The van der Waals surface area contributed by atoms with Crippen LogP contribution in [0.1, 0.15) is 30.1 Å². The Hall–Kier alpha value is -1.88. The molecule has 0 spiro atoms. The first kappa shape index (κ1) is 13.1. The van der Waals surface area contributed by atoms with Crippen LogP contribution in [-0.4, -0.2) is 40.1 Å². The van der Waals surface area contributed by atoms with Gasteiger partial charge in [-0.05, 0) is 30.9 Å². The summed E-state index contributed by atoms with van der Waals surface area (Å²) in [6.07, 6.45) is 3.80. The zero-order valence-corrected chi connectivity index (χ0v) is 11.7. The molecular weight excluding hydrogens is 252 g/mol. The van der Waals surface area contributed by atoms with Crippen molar-refractivity contribution in [3.05, 3.63) is 30.0 Å². The second-order valence-electron chi connectivity index (χ2n) is 5.69. The first-order valence-electron chi connectivity index (χ1n) is 7.13. The van der Waals surface area contributed by atoms with E-state index >= 15 is 0 Å². The predicted molar refractivity (Wildman–Crippen MR) is 78.4 cm³/mol. The van der Waals surface area contributed by atoms with Gasteiger partial charge in [-0.25, -0.2) is 0 Å². The topological polar surface area (TPSA) is 75.0 Å². The molecule has 1 fully saturated rings. The van der Waals surface area contributed by atoms with Gasteiger partial charge < -0.3 is 10.6 Å². The highest BCUT2D eigenvalue weighted by Crippen LogP contribution is 2.24. The zero-order chi connectivity index (χ0) is 14.1. The number of H-pyrrole nitrogens is 1. The number of hydrogen-bond acceptors (Lipinski definition) is 3. The van der Waals surface area contributed by atoms with E-state index < -0.39 is 0 Å². The van der Waals surface area contributed by atoms with E-state index in [1.165, 1.54) is 0 Å². The molecule has 106 valence electrons. The molecule has 2 atom stereocenters. The van der Waals surface area contributed by atoms with Crippen LogP contribution >= 0.6 is 0 Å². The smallest absolute Gasteiger partial charge is 0.254 e. The lowest BCUT2D eigenvalue weighted by atomic mass is 9.92. The Morgan fingerprint density at radius 2 is 2.40 bits per heavy atom. The summed E-state index contributed by atoms with van der Waals surface area (Å²) in [4.78, 5) is 14.6. The Kier molecular flexibility index (Phi) is 3.44. The van der Waals surface area contributed by atoms with Crippen LogP contribution in [0.5, 0.6) is 0 Å². The number of carbonyl (C=O) groups is 1. The average molecular weight is 272 g/mol. The number of rotatable bonds is 2. The van der Waals surface area contributed by atoms with Gasteiger partial charge in [-0.3, -0.25) is 9.89 Å². The largest absolute Gasteiger partial charge is 0.334 e. The van der Waals surface area contributed by atoms with Crippen LogP contribution in [0.3, 0.4) is 0 Å². The average Bonchev–Trinajstić information content (AvgIpc) is 2.93. The number of hydrogen-bond donors (Lipinski definition) is 2. The van der Waals surface area contributed by atoms with Crippen LogP contribution in [0, 0.1) is 5.92 Å². The first-order valence-corrected chi connectivity index (χ1v) is 7.13. The highest BCUT2D eigenvalue weighted by Gasteiger charge is 2.29. The Morgan fingerprint density at radius 3 is 3.20 bits per heavy atom. The molecule has 3 rings (SSSR count). The molecule has 2 unspecified atom stereocenters. The third kappa shape index (κ3) is 2.29. The third-order valence-electron chi connectivity index (χ3n) is 4.20. The molecule has 1 aromatic heterocycles. The summed E-state index contributed by atoms with van der Waals surface area (Å²) in [6.45, 7) is 3.55. The van der Waals surface area contributed by atoms with Crippen molar-refractivity contribution in [3.8, 4) is 0 Å². The Bertz CT molecular complexity index is 621. The summed E-state index contributed by atoms with van der Waals surface area (Å²) in [5, 5.41) is 7.91. The Balaban J connectivity index is 1.86. The lowest BCUT2D eigenvalue weighted by Gasteiger charge is -2.38. The zero-order valence-electron chi connectivity index (χ0n) is 11.7. The standard InChI is InChI=1S/C15H20N4O/c1-10-4-5-19(13(6-10)8-16)15(20)11-2-3-12-9-17-18-14(12)7-11/h2-3,7,9-10,13H,4-6,8,16H2,1H3,(H,17,18). The van der Waals surface area contributed by atoms with Gasteiger partial charge in [0.1, 0.15) is 0 Å². The number of piperidine rings is 1. The second kappa shape index (κ2) is 5.25. The predicted octanol–water partition coefficient (Wildman–Crippen LogP) is 1.76. The maximum atomic E-state index is 12.7. The van der Waals surface area contributed by atoms with Gasteiger partial charge in [-0.2, -0.15) is 5.10 Å². The first-order chi connectivity index (χ1) is 9.69. The molecular formula is C15H20N4O. The number of carbonyl (C=O) groups excluding carboxylic acids is 1. The van der Waals surface area contributed by atoms with Gasteiger partial charge in [0.15, 0.2) is 0 Å². The molecule has 1 aromatic carbocycles. The van der Waals surface area contributed by atoms with E-state index in [0.717, 1.165) is 30.3 Å². The summed E-state index contributed by atoms with van der Waals surface area (Å²) in [5.74, 6) is 0.714. The van der Waals surface area contributed by atoms with E-state index in [9.17, 15) is 4.79 Å². The molecule has 3 N–H and O–H groups in total. The lowest BCUT2D eigenvalue weighted by Crippen LogP contribution is -2.49. The maximum absolute atomic E-state index is 12.7. The fourth-order valence-electron chi connectivity index (χ4n) is 2.98. The summed E-state index contributed by atoms with van der Waals surface area (Å²) in [5.41, 5.74) is 7.43. The van der Waals surface area contributed by atoms with Crippen molar-refractivity contribution in [1.29, 1.82) is 0 Å². The normalized spacial score (nSPS) is 23.2. The molecule has 0 radical (unpaired) electrons. The molecule has 20 heavy (non-hydrogen) atoms. The van der Waals surface area contributed by atoms with Crippen molar-refractivity contribution in [2.24, 2.45) is 11.7 Å². The Labute approximate surface area is 118 Å². The minimum Gasteiger partial charge on any atom is -0.334 e. The summed E-state index contributed by atoms with van der Waals surface area (Å²) < 4.78 is 0. The van der Waals surface area contributed by atoms with Crippen molar-refractivity contribution >= 4 is 16.8 Å². The summed E-state index contributed by atoms with van der Waals surface area (Å²) in [7, 11) is 0. The van der Waals surface area contributed by atoms with Crippen LogP contribution in [0.15, 0.2) is 24.4 Å². The SMILES string of the molecule is CC1CCN(C(=O)c2ccc3cn[nH]c3c2)C(CN)C1. The van der Waals surface area contributed by atoms with E-state index in [0.29, 0.717) is 18.0 Å². The fourth-order valence-corrected chi connectivity index (χ4v) is 2.98. The van der Waals surface area contributed by atoms with Crippen molar-refractivity contribution in [2.75, 3.05) is 13.1 Å². The number of likely N-dealkylation sites (tertiary alicyclic amines) is 1. The number of nitrogens with two attached hydrogens (primary N) is 1. The molecule has 1 aliphatic heterocycles. The van der Waals surface area contributed by atoms with E-state index in [1.54, 1.807) is 6.20 Å². The number of fused-ring (bicyclic) bond motifs is 1. The second-order valence-corrected chi connectivity index (χ2v) is 5.69. The van der Waals surface area contributed by atoms with Crippen LogP contribution < -0.4 is 5.73 Å². The minimum atomic E-state index is 0.0730. The molecule has 5 heteroatoms. The number of benzene rings is 1. The maximum Gasteiger partial charge on any atom is 0.254 e. The van der Waals surface area contributed by atoms with Crippen LogP contribution in [0.2, 0.25) is 0 Å². The molecule has 1 saturated heterocycles. The van der Waals surface area contributed by atoms with Crippen LogP contribution in [-0.2, 0) is 0 Å². The van der Waals surface area contributed by atoms with Crippen molar-refractivity contribution in [3.63, 3.8) is 0 Å². The highest BCUT2D eigenvalue weighted by atomic mass is 16.2. The van der Waals surface area contributed by atoms with Gasteiger partial charge in [0.25, 0.3) is 5.91 Å². The van der Waals surface area contributed by atoms with Gasteiger partial charge in [0.2, 0.25) is 0 Å². The van der Waals surface area contributed by atoms with Gasteiger partial charge in [-0.1, -0.05) is 13.0 Å². The molecule has 2 heterocycles. The van der Waals surface area contributed by atoms with Gasteiger partial charge in [-0.15, -0.1) is 0 Å². The molecule has 0 saturated carbocycles. The molecule has 1 amide bonds. The highest BCUT2D eigenvalue weighted by molar-refractivity contribution is 5.98. The molecule has 1 aliphatic rings. The van der Waals surface area contributed by atoms with Crippen molar-refractivity contribution in [2.45, 2.75) is 25.8 Å². The number of nitrogens with zero attached hydrogens (tertiary/aromatic N) is 2. The number of aromatic nitrogens is 2. The molecule has 0 aliphatic carbocycles. The van der Waals surface area contributed by atoms with E-state index in [2.05, 4.69) is 17.1 Å². The molecule has 2 aromatic rings. The lowest BCUT2D eigenvalue weighted by molar-refractivity contribution is 0.0574. The molecule has 0 bridgehead atoms. The van der Waals surface area contributed by atoms with E-state index in [1.807, 2.05) is 23.1 Å². The van der Waals surface area contributed by atoms with Gasteiger partial charge in [0.05, 0.1) is 11.7 Å². The Morgan fingerprint density at radius 1 is 1.55 bits per heavy atom. The third-order valence-corrected chi connectivity index (χ3v) is 4.20. The summed E-state index contributed by atoms with van der Waals surface area (Å²) in [6, 6.07) is 5.82. The van der Waals surface area contributed by atoms with E-state index in [-0.39, 0.29) is 11.9 Å². The minimum absolute atomic E-state index is 0.0730. The monoisotopic (exact) mass is 272 g/mol. The van der Waals surface area contributed by atoms with Crippen LogP contribution in [0.25, 0.3) is 10.9 Å². The number of amides is 1. The van der Waals surface area contributed by atoms with Gasteiger partial charge in [0, 0.05) is 30.1 Å². The quantitative estimate of drug-likeness (QED) is 0.874. The van der Waals surface area contributed by atoms with Crippen LogP contribution in [0.4, 0.5) is 0 Å². The molecule has 5 nitrogen and oxygen atoms in total.